The number of carbonyl (C=O) groups is 1. The number of nitrogens with zero attached hydrogens (tertiary/aromatic N) is 2. The van der Waals surface area contributed by atoms with Crippen LogP contribution in [0.15, 0.2) is 30.6 Å². The van der Waals surface area contributed by atoms with Gasteiger partial charge in [0.1, 0.15) is 0 Å². The molecule has 2 atom stereocenters. The number of amides is 1. The normalized spacial score (nSPS) is 22.6. The first-order chi connectivity index (χ1) is 9.74. The minimum atomic E-state index is -0.437. The molecule has 5 heteroatoms. The second kappa shape index (κ2) is 5.54. The van der Waals surface area contributed by atoms with Crippen LogP contribution in [0.3, 0.4) is 0 Å². The highest BCUT2D eigenvalue weighted by Crippen LogP contribution is 2.19. The zero-order valence-electron chi connectivity index (χ0n) is 11.1. The van der Waals surface area contributed by atoms with Crippen LogP contribution in [0.2, 0.25) is 0 Å². The Morgan fingerprint density at radius 2 is 1.90 bits per heavy atom. The van der Waals surface area contributed by atoms with Crippen molar-refractivity contribution in [2.24, 2.45) is 0 Å². The van der Waals surface area contributed by atoms with Crippen molar-refractivity contribution in [2.45, 2.75) is 37.8 Å². The average Bonchev–Trinajstić information content (AvgIpc) is 2.49. The van der Waals surface area contributed by atoms with Gasteiger partial charge in [-0.25, -0.2) is 0 Å². The molecule has 0 saturated heterocycles. The van der Waals surface area contributed by atoms with Crippen LogP contribution in [0.5, 0.6) is 0 Å². The summed E-state index contributed by atoms with van der Waals surface area (Å²) in [7, 11) is 0. The number of aliphatic hydroxyl groups excluding tert-OH is 1. The second-order valence-corrected chi connectivity index (χ2v) is 5.19. The highest BCUT2D eigenvalue weighted by molar-refractivity contribution is 5.97. The molecule has 20 heavy (non-hydrogen) atoms. The van der Waals surface area contributed by atoms with E-state index in [1.165, 1.54) is 0 Å². The molecule has 0 spiro atoms. The van der Waals surface area contributed by atoms with Crippen LogP contribution < -0.4 is 5.32 Å². The standard InChI is InChI=1S/C15H17N3O2/c19-14-4-2-1-3-12(14)18-15(20)10-5-6-11-13(9-10)17-8-7-16-11/h5-9,12,14,19H,1-4H2,(H,18,20)/t12-,14-/m0/s1. The van der Waals surface area contributed by atoms with Gasteiger partial charge in [-0.15, -0.1) is 0 Å². The maximum atomic E-state index is 12.2. The van der Waals surface area contributed by atoms with E-state index in [0.717, 1.165) is 31.2 Å². The summed E-state index contributed by atoms with van der Waals surface area (Å²) in [4.78, 5) is 20.6. The van der Waals surface area contributed by atoms with E-state index in [1.807, 2.05) is 0 Å². The summed E-state index contributed by atoms with van der Waals surface area (Å²) in [5.74, 6) is -0.163. The molecular formula is C15H17N3O2. The summed E-state index contributed by atoms with van der Waals surface area (Å²) in [5, 5.41) is 12.8. The maximum Gasteiger partial charge on any atom is 0.251 e. The molecule has 3 rings (SSSR count). The second-order valence-electron chi connectivity index (χ2n) is 5.19. The number of aliphatic hydroxyl groups is 1. The molecule has 0 radical (unpaired) electrons. The lowest BCUT2D eigenvalue weighted by Gasteiger charge is -2.28. The van der Waals surface area contributed by atoms with E-state index < -0.39 is 6.10 Å². The lowest BCUT2D eigenvalue weighted by atomic mass is 9.92. The van der Waals surface area contributed by atoms with Crippen molar-refractivity contribution < 1.29 is 9.90 Å². The Labute approximate surface area is 117 Å². The molecule has 1 saturated carbocycles. The lowest BCUT2D eigenvalue weighted by Crippen LogP contribution is -2.45. The Morgan fingerprint density at radius 3 is 2.70 bits per heavy atom. The summed E-state index contributed by atoms with van der Waals surface area (Å²) in [6.07, 6.45) is 6.46. The van der Waals surface area contributed by atoms with Crippen LogP contribution >= 0.6 is 0 Å². The van der Waals surface area contributed by atoms with Crippen molar-refractivity contribution in [1.82, 2.24) is 15.3 Å². The van der Waals surface area contributed by atoms with Gasteiger partial charge in [-0.2, -0.15) is 0 Å². The third kappa shape index (κ3) is 2.63. The molecule has 2 aromatic rings. The Balaban J connectivity index is 1.78. The number of hydrogen-bond donors (Lipinski definition) is 2. The molecule has 0 aliphatic heterocycles. The molecule has 1 amide bonds. The Bertz CT molecular complexity index is 629. The van der Waals surface area contributed by atoms with Gasteiger partial charge in [0, 0.05) is 18.0 Å². The molecule has 1 aromatic carbocycles. The maximum absolute atomic E-state index is 12.2. The topological polar surface area (TPSA) is 75.1 Å². The molecule has 1 heterocycles. The van der Waals surface area contributed by atoms with Crippen molar-refractivity contribution in [3.05, 3.63) is 36.2 Å². The quantitative estimate of drug-likeness (QED) is 0.871. The third-order valence-electron chi connectivity index (χ3n) is 3.78. The molecule has 104 valence electrons. The Morgan fingerprint density at radius 1 is 1.15 bits per heavy atom. The van der Waals surface area contributed by atoms with Crippen molar-refractivity contribution in [3.63, 3.8) is 0 Å². The third-order valence-corrected chi connectivity index (χ3v) is 3.78. The number of nitrogens with one attached hydrogen (secondary N) is 1. The van der Waals surface area contributed by atoms with E-state index in [0.29, 0.717) is 11.1 Å². The zero-order valence-corrected chi connectivity index (χ0v) is 11.1. The van der Waals surface area contributed by atoms with Crippen molar-refractivity contribution in [3.8, 4) is 0 Å². The monoisotopic (exact) mass is 271 g/mol. The smallest absolute Gasteiger partial charge is 0.251 e. The first-order valence-electron chi connectivity index (χ1n) is 6.94. The van der Waals surface area contributed by atoms with Gasteiger partial charge < -0.3 is 10.4 Å². The predicted molar refractivity (Wildman–Crippen MR) is 75.3 cm³/mol. The van der Waals surface area contributed by atoms with Crippen molar-refractivity contribution in [2.75, 3.05) is 0 Å². The first kappa shape index (κ1) is 13.0. The predicted octanol–water partition coefficient (Wildman–Crippen LogP) is 1.66. The van der Waals surface area contributed by atoms with Crippen molar-refractivity contribution in [1.29, 1.82) is 0 Å². The highest BCUT2D eigenvalue weighted by atomic mass is 16.3. The van der Waals surface area contributed by atoms with Crippen LogP contribution in [0.1, 0.15) is 36.0 Å². The van der Waals surface area contributed by atoms with E-state index in [9.17, 15) is 9.90 Å². The van der Waals surface area contributed by atoms with Crippen LogP contribution in [0.4, 0.5) is 0 Å². The van der Waals surface area contributed by atoms with Crippen LogP contribution in [0, 0.1) is 0 Å². The van der Waals surface area contributed by atoms with Gasteiger partial charge in [0.25, 0.3) is 5.91 Å². The molecule has 1 aliphatic carbocycles. The molecule has 1 fully saturated rings. The van der Waals surface area contributed by atoms with E-state index in [-0.39, 0.29) is 11.9 Å². The summed E-state index contributed by atoms with van der Waals surface area (Å²) < 4.78 is 0. The largest absolute Gasteiger partial charge is 0.391 e. The van der Waals surface area contributed by atoms with Gasteiger partial charge in [-0.3, -0.25) is 14.8 Å². The van der Waals surface area contributed by atoms with Gasteiger partial charge >= 0.3 is 0 Å². The molecule has 2 N–H and O–H groups in total. The minimum Gasteiger partial charge on any atom is -0.391 e. The fourth-order valence-electron chi connectivity index (χ4n) is 2.64. The number of rotatable bonds is 2. The first-order valence-corrected chi connectivity index (χ1v) is 6.94. The number of aromatic nitrogens is 2. The summed E-state index contributed by atoms with van der Waals surface area (Å²) in [6, 6.07) is 5.11. The van der Waals surface area contributed by atoms with Crippen LogP contribution in [-0.4, -0.2) is 33.1 Å². The van der Waals surface area contributed by atoms with Gasteiger partial charge in [0.05, 0.1) is 23.2 Å². The highest BCUT2D eigenvalue weighted by Gasteiger charge is 2.24. The number of hydrogen-bond acceptors (Lipinski definition) is 4. The Kier molecular flexibility index (Phi) is 3.60. The molecule has 1 aromatic heterocycles. The van der Waals surface area contributed by atoms with Gasteiger partial charge in [-0.05, 0) is 31.0 Å². The number of carbonyl (C=O) groups excluding carboxylic acids is 1. The SMILES string of the molecule is O=C(N[C@H]1CCCC[C@@H]1O)c1ccc2nccnc2c1. The van der Waals surface area contributed by atoms with E-state index >= 15 is 0 Å². The van der Waals surface area contributed by atoms with E-state index in [1.54, 1.807) is 30.6 Å². The van der Waals surface area contributed by atoms with Gasteiger partial charge in [-0.1, -0.05) is 12.8 Å². The summed E-state index contributed by atoms with van der Waals surface area (Å²) >= 11 is 0. The summed E-state index contributed by atoms with van der Waals surface area (Å²) in [6.45, 7) is 0. The van der Waals surface area contributed by atoms with E-state index in [2.05, 4.69) is 15.3 Å². The number of fused-ring (bicyclic) bond motifs is 1. The summed E-state index contributed by atoms with van der Waals surface area (Å²) in [5.41, 5.74) is 2.02. The van der Waals surface area contributed by atoms with Gasteiger partial charge in [0.15, 0.2) is 0 Å². The van der Waals surface area contributed by atoms with E-state index in [4.69, 9.17) is 0 Å². The van der Waals surface area contributed by atoms with Crippen molar-refractivity contribution >= 4 is 16.9 Å². The average molecular weight is 271 g/mol. The lowest BCUT2D eigenvalue weighted by molar-refractivity contribution is 0.0717. The molecule has 1 aliphatic rings. The van der Waals surface area contributed by atoms with Crippen LogP contribution in [0.25, 0.3) is 11.0 Å². The minimum absolute atomic E-state index is 0.145. The molecule has 0 unspecified atom stereocenters. The molecule has 5 nitrogen and oxygen atoms in total. The number of benzene rings is 1. The van der Waals surface area contributed by atoms with Crippen LogP contribution in [-0.2, 0) is 0 Å². The zero-order chi connectivity index (χ0) is 13.9. The fourth-order valence-corrected chi connectivity index (χ4v) is 2.64. The fraction of sp³-hybridized carbons (Fsp3) is 0.400. The Hall–Kier alpha value is -2.01. The van der Waals surface area contributed by atoms with Gasteiger partial charge in [0.2, 0.25) is 0 Å². The molecule has 0 bridgehead atoms. The molecular weight excluding hydrogens is 254 g/mol.